The summed E-state index contributed by atoms with van der Waals surface area (Å²) in [5.41, 5.74) is 18.2. The summed E-state index contributed by atoms with van der Waals surface area (Å²) in [5, 5.41) is 18.2. The topological polar surface area (TPSA) is 215 Å². The normalized spacial score (nSPS) is 23.4. The highest BCUT2D eigenvalue weighted by atomic mass is 32.2. The van der Waals surface area contributed by atoms with Crippen LogP contribution in [0.3, 0.4) is 0 Å². The van der Waals surface area contributed by atoms with Crippen LogP contribution in [-0.2, 0) is 19.2 Å². The van der Waals surface area contributed by atoms with Crippen molar-refractivity contribution in [1.29, 1.82) is 0 Å². The Morgan fingerprint density at radius 2 is 2.13 bits per heavy atom. The van der Waals surface area contributed by atoms with Crippen molar-refractivity contribution in [1.82, 2.24) is 20.1 Å². The van der Waals surface area contributed by atoms with E-state index in [1.165, 1.54) is 28.4 Å². The summed E-state index contributed by atoms with van der Waals surface area (Å²) in [6.45, 7) is 4.44. The Morgan fingerprint density at radius 1 is 1.37 bits per heavy atom. The van der Waals surface area contributed by atoms with Gasteiger partial charge in [0.05, 0.1) is 0 Å². The average Bonchev–Trinajstić information content (AvgIpc) is 3.30. The maximum absolute atomic E-state index is 13.1. The number of carboxylic acid groups (broad SMARTS) is 1. The Bertz CT molecular complexity index is 1260. The van der Waals surface area contributed by atoms with Crippen molar-refractivity contribution in [3.05, 3.63) is 34.2 Å². The first kappa shape index (κ1) is 27.7. The van der Waals surface area contributed by atoms with Gasteiger partial charge in [0, 0.05) is 23.4 Å². The van der Waals surface area contributed by atoms with Crippen molar-refractivity contribution in [3.8, 4) is 0 Å². The van der Waals surface area contributed by atoms with E-state index in [-0.39, 0.29) is 34.6 Å². The molecule has 3 aliphatic heterocycles. The number of β-lactam (4-membered cyclic amide) rings is 1. The number of aliphatic imine (C=N–C) groups is 1. The lowest BCUT2D eigenvalue weighted by atomic mass is 10.0. The number of aliphatic carboxylic acids is 1. The molecule has 14 nitrogen and oxygen atoms in total. The number of carbonyl (C=O) groups is 3. The summed E-state index contributed by atoms with van der Waals surface area (Å²) in [6.07, 6.45) is 1.20. The molecule has 0 aliphatic carbocycles. The second-order valence-electron chi connectivity index (χ2n) is 8.10. The van der Waals surface area contributed by atoms with Crippen LogP contribution in [0.5, 0.6) is 0 Å². The second-order valence-corrected chi connectivity index (χ2v) is 11.0. The lowest BCUT2D eigenvalue weighted by molar-refractivity contribution is -0.150. The van der Waals surface area contributed by atoms with Gasteiger partial charge in [-0.2, -0.15) is 0 Å². The summed E-state index contributed by atoms with van der Waals surface area (Å²) < 4.78 is 0. The lowest BCUT2D eigenvalue weighted by Gasteiger charge is -2.49. The molecule has 1 saturated heterocycles. The van der Waals surface area contributed by atoms with Crippen LogP contribution >= 0.6 is 34.9 Å². The number of rotatable bonds is 9. The Kier molecular flexibility index (Phi) is 8.49. The largest absolute Gasteiger partial charge is 0.477 e. The van der Waals surface area contributed by atoms with E-state index in [0.717, 1.165) is 11.3 Å². The minimum Gasteiger partial charge on any atom is -0.477 e. The van der Waals surface area contributed by atoms with Crippen LogP contribution in [-0.4, -0.2) is 90.8 Å². The van der Waals surface area contributed by atoms with Crippen molar-refractivity contribution in [3.63, 3.8) is 0 Å². The van der Waals surface area contributed by atoms with Gasteiger partial charge in [0.1, 0.15) is 41.4 Å². The predicted molar refractivity (Wildman–Crippen MR) is 147 cm³/mol. The molecule has 0 aromatic carbocycles. The first-order chi connectivity index (χ1) is 18.2. The maximum Gasteiger partial charge on any atom is 0.352 e. The fourth-order valence-corrected chi connectivity index (χ4v) is 7.10. The predicted octanol–water partition coefficient (Wildman–Crippen LogP) is -0.286. The zero-order chi connectivity index (χ0) is 27.6. The van der Waals surface area contributed by atoms with Crippen LogP contribution in [0.1, 0.15) is 19.5 Å². The summed E-state index contributed by atoms with van der Waals surface area (Å²) in [4.78, 5) is 54.8. The monoisotopic (exact) mass is 581 g/mol. The molecule has 4 heterocycles. The van der Waals surface area contributed by atoms with E-state index >= 15 is 0 Å². The van der Waals surface area contributed by atoms with Gasteiger partial charge in [-0.05, 0) is 25.5 Å². The molecule has 4 rings (SSSR count). The molecule has 1 fully saturated rings. The van der Waals surface area contributed by atoms with Crippen molar-refractivity contribution in [2.45, 2.75) is 31.4 Å². The van der Waals surface area contributed by atoms with E-state index in [1.54, 1.807) is 18.4 Å². The van der Waals surface area contributed by atoms with Crippen LogP contribution in [0, 0.1) is 0 Å². The number of aromatic nitrogens is 1. The lowest BCUT2D eigenvalue weighted by Crippen LogP contribution is -2.71. The van der Waals surface area contributed by atoms with Gasteiger partial charge < -0.3 is 37.4 Å². The van der Waals surface area contributed by atoms with Gasteiger partial charge in [-0.15, -0.1) is 23.1 Å². The van der Waals surface area contributed by atoms with Crippen molar-refractivity contribution in [2.75, 3.05) is 30.4 Å². The van der Waals surface area contributed by atoms with Crippen LogP contribution in [0.2, 0.25) is 0 Å². The van der Waals surface area contributed by atoms with Gasteiger partial charge in [0.2, 0.25) is 0 Å². The third-order valence-electron chi connectivity index (χ3n) is 5.69. The molecule has 0 radical (unpaired) electrons. The minimum atomic E-state index is -1.23. The Morgan fingerprint density at radius 3 is 2.76 bits per heavy atom. The number of thiazole rings is 1. The third-order valence-corrected chi connectivity index (χ3v) is 8.78. The summed E-state index contributed by atoms with van der Waals surface area (Å²) in [6, 6.07) is -0.944. The number of thioether (sulfide) groups is 2. The molecule has 0 saturated carbocycles. The number of nitrogen functional groups attached to an aromatic ring is 1. The SMILES string of the molecule is CCO/N=C(\C(=O)NC1C(=O)N2C(C(=O)O)=C(CSC3=NC(N)=CC(N)N3CC)CS[C@@H]12)c1csc(N)n1. The number of amidine groups is 1. The molecule has 38 heavy (non-hydrogen) atoms. The van der Waals surface area contributed by atoms with Crippen molar-refractivity contribution >= 4 is 68.7 Å². The number of fused-ring (bicyclic) bond motifs is 1. The van der Waals surface area contributed by atoms with E-state index in [1.807, 2.05) is 11.8 Å². The van der Waals surface area contributed by atoms with E-state index in [4.69, 9.17) is 22.0 Å². The number of carboxylic acids is 1. The maximum atomic E-state index is 13.1. The first-order valence-electron chi connectivity index (χ1n) is 11.5. The van der Waals surface area contributed by atoms with Gasteiger partial charge in [0.25, 0.3) is 11.8 Å². The summed E-state index contributed by atoms with van der Waals surface area (Å²) >= 11 is 3.79. The number of likely N-dealkylation sites (N-methyl/N-ethyl adjacent to an activating group) is 1. The Balaban J connectivity index is 1.49. The van der Waals surface area contributed by atoms with Crippen LogP contribution in [0.15, 0.2) is 38.7 Å². The number of oxime groups is 1. The molecule has 3 atom stereocenters. The number of hydrogen-bond donors (Lipinski definition) is 5. The van der Waals surface area contributed by atoms with Gasteiger partial charge >= 0.3 is 5.97 Å². The number of amides is 2. The zero-order valence-electron chi connectivity index (χ0n) is 20.5. The highest BCUT2D eigenvalue weighted by Crippen LogP contribution is 2.41. The molecular formula is C21H27N9O5S3. The van der Waals surface area contributed by atoms with E-state index in [2.05, 4.69) is 20.4 Å². The standard InChI is InChI=1S/C21H27N9O5S3/c1-3-29-12(23)5-11(22)26-21(29)38-7-9-6-36-18-14(17(32)30(18)15(9)19(33)34)27-16(31)13(28-35-4-2)10-8-37-20(24)25-10/h5,8,12,14,18H,3-4,6-7,22-23H2,1-2H3,(H2,24,25)(H,27,31)(H,33,34)/b28-13-/t12?,14?,18-/m0/s1. The highest BCUT2D eigenvalue weighted by molar-refractivity contribution is 8.14. The molecule has 2 amide bonds. The van der Waals surface area contributed by atoms with Crippen molar-refractivity contribution < 1.29 is 24.3 Å². The molecule has 1 aromatic rings. The van der Waals surface area contributed by atoms with Crippen LogP contribution < -0.4 is 22.5 Å². The number of nitrogens with one attached hydrogen (secondary N) is 1. The molecule has 0 spiro atoms. The molecule has 0 bridgehead atoms. The highest BCUT2D eigenvalue weighted by Gasteiger charge is 2.54. The number of nitrogens with two attached hydrogens (primary N) is 3. The van der Waals surface area contributed by atoms with Gasteiger partial charge in [-0.1, -0.05) is 16.9 Å². The molecule has 2 unspecified atom stereocenters. The molecule has 204 valence electrons. The van der Waals surface area contributed by atoms with Gasteiger partial charge in [0.15, 0.2) is 16.0 Å². The van der Waals surface area contributed by atoms with Crippen LogP contribution in [0.25, 0.3) is 0 Å². The Labute approximate surface area is 230 Å². The number of nitrogens with zero attached hydrogens (tertiary/aromatic N) is 5. The average molecular weight is 582 g/mol. The van der Waals surface area contributed by atoms with E-state index in [9.17, 15) is 19.5 Å². The summed E-state index contributed by atoms with van der Waals surface area (Å²) in [5.74, 6) is -1.54. The van der Waals surface area contributed by atoms with Gasteiger partial charge in [-0.3, -0.25) is 14.5 Å². The molecule has 3 aliphatic rings. The fourth-order valence-electron chi connectivity index (χ4n) is 3.95. The fraction of sp³-hybridized carbons (Fsp3) is 0.429. The van der Waals surface area contributed by atoms with Gasteiger partial charge in [-0.25, -0.2) is 14.8 Å². The zero-order valence-corrected chi connectivity index (χ0v) is 22.9. The van der Waals surface area contributed by atoms with E-state index in [0.29, 0.717) is 28.9 Å². The van der Waals surface area contributed by atoms with Crippen LogP contribution in [0.4, 0.5) is 5.13 Å². The quantitative estimate of drug-likeness (QED) is 0.145. The minimum absolute atomic E-state index is 0.0977. The number of hydrogen-bond acceptors (Lipinski definition) is 14. The molecule has 8 N–H and O–H groups in total. The van der Waals surface area contributed by atoms with E-state index < -0.39 is 35.4 Å². The third kappa shape index (κ3) is 5.45. The molecular weight excluding hydrogens is 554 g/mol. The molecule has 1 aromatic heterocycles. The second kappa shape index (κ2) is 11.6. The first-order valence-corrected chi connectivity index (χ1v) is 14.4. The smallest absolute Gasteiger partial charge is 0.352 e. The number of anilines is 1. The number of carbonyl (C=O) groups excluding carboxylic acids is 2. The summed E-state index contributed by atoms with van der Waals surface area (Å²) in [7, 11) is 0. The Hall–Kier alpha value is -3.28. The molecule has 17 heteroatoms. The van der Waals surface area contributed by atoms with Crippen molar-refractivity contribution in [2.24, 2.45) is 21.6 Å².